The first-order chi connectivity index (χ1) is 10.5. The fourth-order valence-electron chi connectivity index (χ4n) is 2.03. The minimum Gasteiger partial charge on any atom is -0.377 e. The van der Waals surface area contributed by atoms with Crippen molar-refractivity contribution in [2.24, 2.45) is 0 Å². The summed E-state index contributed by atoms with van der Waals surface area (Å²) in [6.45, 7) is 16.7. The van der Waals surface area contributed by atoms with Crippen molar-refractivity contribution in [1.82, 2.24) is 10.2 Å². The molecule has 0 amide bonds. The molecule has 0 aromatic rings. The summed E-state index contributed by atoms with van der Waals surface area (Å²) in [5.74, 6) is 0. The van der Waals surface area contributed by atoms with Crippen LogP contribution in [0.25, 0.3) is 0 Å². The van der Waals surface area contributed by atoms with Gasteiger partial charge in [0.15, 0.2) is 0 Å². The highest BCUT2D eigenvalue weighted by Gasteiger charge is 2.06. The zero-order valence-electron chi connectivity index (χ0n) is 15.5. The molecular weight excluding hydrogens is 272 g/mol. The molecule has 0 saturated carbocycles. The maximum absolute atomic E-state index is 5.65. The van der Waals surface area contributed by atoms with Crippen molar-refractivity contribution in [3.8, 4) is 0 Å². The minimum atomic E-state index is 0.314. The van der Waals surface area contributed by atoms with Gasteiger partial charge < -0.3 is 15.0 Å². The maximum Gasteiger partial charge on any atom is 0.0596 e. The summed E-state index contributed by atoms with van der Waals surface area (Å²) in [5, 5.41) is 3.27. The highest BCUT2D eigenvalue weighted by atomic mass is 16.5. The molecule has 0 spiro atoms. The SMILES string of the molecule is C/C=C(C)/C(=C\N/C=C/CC)CCN(CC)CCOC(C)C. The Labute approximate surface area is 138 Å². The van der Waals surface area contributed by atoms with E-state index in [1.807, 2.05) is 6.20 Å². The smallest absolute Gasteiger partial charge is 0.0596 e. The molecule has 0 saturated heterocycles. The molecule has 0 unspecified atom stereocenters. The summed E-state index contributed by atoms with van der Waals surface area (Å²) >= 11 is 0. The monoisotopic (exact) mass is 308 g/mol. The second-order valence-electron chi connectivity index (χ2n) is 5.72. The van der Waals surface area contributed by atoms with Crippen molar-refractivity contribution in [3.63, 3.8) is 0 Å². The van der Waals surface area contributed by atoms with Gasteiger partial charge in [-0.1, -0.05) is 31.6 Å². The van der Waals surface area contributed by atoms with E-state index in [0.717, 1.165) is 39.1 Å². The third-order valence-corrected chi connectivity index (χ3v) is 3.65. The molecule has 0 aliphatic rings. The first-order valence-corrected chi connectivity index (χ1v) is 8.62. The molecule has 0 atom stereocenters. The number of ether oxygens (including phenoxy) is 1. The number of likely N-dealkylation sites (N-methyl/N-ethyl adjacent to an activating group) is 1. The highest BCUT2D eigenvalue weighted by molar-refractivity contribution is 5.28. The second kappa shape index (κ2) is 13.6. The van der Waals surface area contributed by atoms with Crippen molar-refractivity contribution >= 4 is 0 Å². The van der Waals surface area contributed by atoms with E-state index in [0.29, 0.717) is 6.10 Å². The Morgan fingerprint density at radius 1 is 1.23 bits per heavy atom. The van der Waals surface area contributed by atoms with E-state index in [1.165, 1.54) is 11.1 Å². The number of hydrogen-bond donors (Lipinski definition) is 1. The molecule has 22 heavy (non-hydrogen) atoms. The predicted molar refractivity (Wildman–Crippen MR) is 97.9 cm³/mol. The Hall–Kier alpha value is -1.06. The molecule has 0 rings (SSSR count). The first kappa shape index (κ1) is 20.9. The van der Waals surface area contributed by atoms with Crippen LogP contribution in [-0.4, -0.2) is 37.2 Å². The summed E-state index contributed by atoms with van der Waals surface area (Å²) in [5.41, 5.74) is 2.71. The number of allylic oxidation sites excluding steroid dienone is 3. The van der Waals surface area contributed by atoms with Crippen LogP contribution in [0.1, 0.15) is 54.4 Å². The second-order valence-corrected chi connectivity index (χ2v) is 5.72. The van der Waals surface area contributed by atoms with Gasteiger partial charge in [-0.25, -0.2) is 0 Å². The van der Waals surface area contributed by atoms with Crippen LogP contribution >= 0.6 is 0 Å². The van der Waals surface area contributed by atoms with Gasteiger partial charge in [0, 0.05) is 19.3 Å². The standard InChI is InChI=1S/C19H36N2O/c1-7-10-12-20-16-19(18(6)8-2)11-13-21(9-3)14-15-22-17(4)5/h8,10,12,16-17,20H,7,9,11,13-15H2,1-6H3/b12-10+,18-8+,19-16-. The van der Waals surface area contributed by atoms with E-state index in [-0.39, 0.29) is 0 Å². The van der Waals surface area contributed by atoms with Crippen molar-refractivity contribution in [1.29, 1.82) is 0 Å². The molecule has 0 bridgehead atoms. The van der Waals surface area contributed by atoms with Gasteiger partial charge in [0.05, 0.1) is 12.7 Å². The maximum atomic E-state index is 5.65. The molecule has 128 valence electrons. The van der Waals surface area contributed by atoms with E-state index >= 15 is 0 Å². The Balaban J connectivity index is 4.42. The van der Waals surface area contributed by atoms with Crippen molar-refractivity contribution < 1.29 is 4.74 Å². The van der Waals surface area contributed by atoms with Crippen LogP contribution in [0, 0.1) is 0 Å². The van der Waals surface area contributed by atoms with Crippen LogP contribution in [0.4, 0.5) is 0 Å². The third-order valence-electron chi connectivity index (χ3n) is 3.65. The van der Waals surface area contributed by atoms with E-state index in [4.69, 9.17) is 4.74 Å². The third kappa shape index (κ3) is 10.6. The fraction of sp³-hybridized carbons (Fsp3) is 0.684. The Kier molecular flexibility index (Phi) is 12.9. The van der Waals surface area contributed by atoms with E-state index in [2.05, 4.69) is 70.1 Å². The number of rotatable bonds is 12. The summed E-state index contributed by atoms with van der Waals surface area (Å²) in [6, 6.07) is 0. The van der Waals surface area contributed by atoms with Crippen molar-refractivity contribution in [2.75, 3.05) is 26.2 Å². The van der Waals surface area contributed by atoms with Gasteiger partial charge in [-0.2, -0.15) is 0 Å². The van der Waals surface area contributed by atoms with Crippen LogP contribution in [-0.2, 0) is 4.74 Å². The average Bonchev–Trinajstić information content (AvgIpc) is 2.51. The lowest BCUT2D eigenvalue weighted by Crippen LogP contribution is -2.29. The molecule has 3 heteroatoms. The van der Waals surface area contributed by atoms with Gasteiger partial charge in [0.2, 0.25) is 0 Å². The lowest BCUT2D eigenvalue weighted by atomic mass is 10.1. The molecular formula is C19H36N2O. The van der Waals surface area contributed by atoms with Crippen LogP contribution in [0.15, 0.2) is 35.7 Å². The zero-order valence-corrected chi connectivity index (χ0v) is 15.5. The van der Waals surface area contributed by atoms with Crippen molar-refractivity contribution in [3.05, 3.63) is 35.7 Å². The summed E-state index contributed by atoms with van der Waals surface area (Å²) in [6.07, 6.45) is 10.9. The predicted octanol–water partition coefficient (Wildman–Crippen LogP) is 4.49. The van der Waals surface area contributed by atoms with Gasteiger partial charge >= 0.3 is 0 Å². The van der Waals surface area contributed by atoms with Crippen LogP contribution in [0.3, 0.4) is 0 Å². The molecule has 0 radical (unpaired) electrons. The molecule has 0 fully saturated rings. The highest BCUT2D eigenvalue weighted by Crippen LogP contribution is 2.13. The topological polar surface area (TPSA) is 24.5 Å². The number of hydrogen-bond acceptors (Lipinski definition) is 3. The molecule has 0 aromatic heterocycles. The van der Waals surface area contributed by atoms with Gasteiger partial charge in [-0.3, -0.25) is 0 Å². The average molecular weight is 309 g/mol. The van der Waals surface area contributed by atoms with E-state index < -0.39 is 0 Å². The Morgan fingerprint density at radius 3 is 2.50 bits per heavy atom. The van der Waals surface area contributed by atoms with Gasteiger partial charge in [-0.15, -0.1) is 0 Å². The molecule has 0 aliphatic carbocycles. The molecule has 0 aliphatic heterocycles. The molecule has 1 N–H and O–H groups in total. The summed E-state index contributed by atoms with van der Waals surface area (Å²) in [7, 11) is 0. The lowest BCUT2D eigenvalue weighted by molar-refractivity contribution is 0.0602. The summed E-state index contributed by atoms with van der Waals surface area (Å²) in [4.78, 5) is 2.45. The fourth-order valence-corrected chi connectivity index (χ4v) is 2.03. The van der Waals surface area contributed by atoms with Gasteiger partial charge in [0.25, 0.3) is 0 Å². The molecule has 0 aromatic carbocycles. The first-order valence-electron chi connectivity index (χ1n) is 8.62. The van der Waals surface area contributed by atoms with Crippen LogP contribution < -0.4 is 5.32 Å². The van der Waals surface area contributed by atoms with E-state index in [1.54, 1.807) is 0 Å². The lowest BCUT2D eigenvalue weighted by Gasteiger charge is -2.22. The van der Waals surface area contributed by atoms with Crippen molar-refractivity contribution in [2.45, 2.75) is 60.5 Å². The zero-order chi connectivity index (χ0) is 16.8. The van der Waals surface area contributed by atoms with Gasteiger partial charge in [-0.05, 0) is 58.9 Å². The number of nitrogens with one attached hydrogen (secondary N) is 1. The largest absolute Gasteiger partial charge is 0.377 e. The van der Waals surface area contributed by atoms with Crippen LogP contribution in [0.5, 0.6) is 0 Å². The molecule has 0 heterocycles. The number of nitrogens with zero attached hydrogens (tertiary/aromatic N) is 1. The van der Waals surface area contributed by atoms with E-state index in [9.17, 15) is 0 Å². The normalized spacial score (nSPS) is 13.6. The van der Waals surface area contributed by atoms with Gasteiger partial charge in [0.1, 0.15) is 0 Å². The molecule has 3 nitrogen and oxygen atoms in total. The Morgan fingerprint density at radius 2 is 1.95 bits per heavy atom. The summed E-state index contributed by atoms with van der Waals surface area (Å²) < 4.78 is 5.65. The van der Waals surface area contributed by atoms with Crippen LogP contribution in [0.2, 0.25) is 0 Å². The quantitative estimate of drug-likeness (QED) is 0.538. The Bertz CT molecular complexity index is 356. The minimum absolute atomic E-state index is 0.314.